The molecule has 0 fully saturated rings. The number of aliphatic hydroxyl groups is 1. The normalized spacial score (nSPS) is 11.4. The second-order valence-corrected chi connectivity index (χ2v) is 6.99. The Labute approximate surface area is 130 Å². The van der Waals surface area contributed by atoms with Gasteiger partial charge in [0.1, 0.15) is 5.82 Å². The number of hydrogen-bond donors (Lipinski definition) is 2. The first kappa shape index (κ1) is 15.9. The maximum absolute atomic E-state index is 13.7. The van der Waals surface area contributed by atoms with E-state index in [1.54, 1.807) is 13.0 Å². The Morgan fingerprint density at radius 2 is 2.00 bits per heavy atom. The van der Waals surface area contributed by atoms with Crippen LogP contribution in [-0.2, 0) is 16.6 Å². The quantitative estimate of drug-likeness (QED) is 0.864. The number of halogens is 2. The molecule has 0 aliphatic heterocycles. The third kappa shape index (κ3) is 3.42. The molecule has 4 nitrogen and oxygen atoms in total. The van der Waals surface area contributed by atoms with Crippen LogP contribution in [0, 0.1) is 12.7 Å². The zero-order chi connectivity index (χ0) is 15.6. The van der Waals surface area contributed by atoms with Gasteiger partial charge in [-0.05, 0) is 42.3 Å². The van der Waals surface area contributed by atoms with Crippen LogP contribution in [0.5, 0.6) is 0 Å². The molecule has 2 N–H and O–H groups in total. The fourth-order valence-corrected chi connectivity index (χ4v) is 3.58. The molecule has 21 heavy (non-hydrogen) atoms. The summed E-state index contributed by atoms with van der Waals surface area (Å²) in [6.07, 6.45) is 0. The van der Waals surface area contributed by atoms with Gasteiger partial charge >= 0.3 is 0 Å². The average molecular weight is 374 g/mol. The summed E-state index contributed by atoms with van der Waals surface area (Å²) in [5, 5.41) is 9.19. The first-order valence-electron chi connectivity index (χ1n) is 6.02. The van der Waals surface area contributed by atoms with Crippen LogP contribution in [0.25, 0.3) is 0 Å². The van der Waals surface area contributed by atoms with E-state index in [4.69, 9.17) is 0 Å². The van der Waals surface area contributed by atoms with E-state index in [9.17, 15) is 17.9 Å². The molecule has 0 saturated carbocycles. The van der Waals surface area contributed by atoms with Crippen LogP contribution in [0.2, 0.25) is 0 Å². The van der Waals surface area contributed by atoms with E-state index in [0.717, 1.165) is 0 Å². The zero-order valence-electron chi connectivity index (χ0n) is 11.1. The van der Waals surface area contributed by atoms with Crippen molar-refractivity contribution >= 4 is 31.6 Å². The molecule has 0 saturated heterocycles. The zero-order valence-corrected chi connectivity index (χ0v) is 13.5. The third-order valence-corrected chi connectivity index (χ3v) is 5.03. The topological polar surface area (TPSA) is 66.4 Å². The van der Waals surface area contributed by atoms with Crippen LogP contribution >= 0.6 is 15.9 Å². The fourth-order valence-electron chi connectivity index (χ4n) is 1.89. The van der Waals surface area contributed by atoms with Gasteiger partial charge in [-0.25, -0.2) is 12.8 Å². The van der Waals surface area contributed by atoms with Crippen molar-refractivity contribution in [2.45, 2.75) is 18.4 Å². The van der Waals surface area contributed by atoms with Crippen molar-refractivity contribution in [3.63, 3.8) is 0 Å². The number of nitrogens with one attached hydrogen (secondary N) is 1. The Bertz CT molecular complexity index is 778. The molecule has 2 rings (SSSR count). The SMILES string of the molecule is Cc1c(CO)cccc1S(=O)(=O)Nc1ccc(Br)cc1F. The molecular weight excluding hydrogens is 361 g/mol. The van der Waals surface area contributed by atoms with Crippen LogP contribution in [0.15, 0.2) is 45.8 Å². The van der Waals surface area contributed by atoms with Gasteiger partial charge in [-0.1, -0.05) is 28.1 Å². The molecule has 0 unspecified atom stereocenters. The fraction of sp³-hybridized carbons (Fsp3) is 0.143. The van der Waals surface area contributed by atoms with Crippen LogP contribution in [0.4, 0.5) is 10.1 Å². The van der Waals surface area contributed by atoms with E-state index in [1.165, 1.54) is 30.3 Å². The second-order valence-electron chi connectivity index (χ2n) is 4.43. The third-order valence-electron chi connectivity index (χ3n) is 3.03. The number of anilines is 1. The van der Waals surface area contributed by atoms with E-state index < -0.39 is 15.8 Å². The van der Waals surface area contributed by atoms with Crippen LogP contribution in [-0.4, -0.2) is 13.5 Å². The van der Waals surface area contributed by atoms with E-state index in [2.05, 4.69) is 20.7 Å². The van der Waals surface area contributed by atoms with Crippen LogP contribution in [0.1, 0.15) is 11.1 Å². The molecule has 112 valence electrons. The lowest BCUT2D eigenvalue weighted by Gasteiger charge is -2.13. The molecule has 0 bridgehead atoms. The van der Waals surface area contributed by atoms with Gasteiger partial charge in [-0.3, -0.25) is 4.72 Å². The Balaban J connectivity index is 2.43. The smallest absolute Gasteiger partial charge is 0.262 e. The predicted octanol–water partition coefficient (Wildman–Crippen LogP) is 3.19. The largest absolute Gasteiger partial charge is 0.392 e. The molecule has 0 amide bonds. The lowest BCUT2D eigenvalue weighted by atomic mass is 10.1. The predicted molar refractivity (Wildman–Crippen MR) is 82.0 cm³/mol. The molecule has 0 aliphatic carbocycles. The van der Waals surface area contributed by atoms with Gasteiger partial charge in [0.15, 0.2) is 0 Å². The van der Waals surface area contributed by atoms with Crippen molar-refractivity contribution in [3.05, 3.63) is 57.8 Å². The summed E-state index contributed by atoms with van der Waals surface area (Å²) in [4.78, 5) is 0.0105. The number of sulfonamides is 1. The molecule has 0 heterocycles. The van der Waals surface area contributed by atoms with E-state index in [1.807, 2.05) is 0 Å². The Hall–Kier alpha value is -1.44. The van der Waals surface area contributed by atoms with Gasteiger partial charge in [0, 0.05) is 4.47 Å². The molecule has 0 atom stereocenters. The van der Waals surface area contributed by atoms with Crippen molar-refractivity contribution < 1.29 is 17.9 Å². The lowest BCUT2D eigenvalue weighted by molar-refractivity contribution is 0.280. The summed E-state index contributed by atoms with van der Waals surface area (Å²) in [6.45, 7) is 1.33. The minimum Gasteiger partial charge on any atom is -0.392 e. The standard InChI is InChI=1S/C14H13BrFNO3S/c1-9-10(8-18)3-2-4-14(9)21(19,20)17-13-6-5-11(15)7-12(13)16/h2-7,17-18H,8H2,1H3. The highest BCUT2D eigenvalue weighted by molar-refractivity contribution is 9.10. The Kier molecular flexibility index (Phi) is 4.65. The van der Waals surface area contributed by atoms with E-state index >= 15 is 0 Å². The minimum atomic E-state index is -3.93. The molecule has 0 radical (unpaired) electrons. The Morgan fingerprint density at radius 3 is 2.62 bits per heavy atom. The molecule has 0 aliphatic rings. The molecule has 2 aromatic carbocycles. The molecule has 7 heteroatoms. The highest BCUT2D eigenvalue weighted by Gasteiger charge is 2.19. The van der Waals surface area contributed by atoms with Gasteiger partial charge in [-0.15, -0.1) is 0 Å². The molecule has 2 aromatic rings. The summed E-state index contributed by atoms with van der Waals surface area (Å²) >= 11 is 3.11. The van der Waals surface area contributed by atoms with Gasteiger partial charge in [-0.2, -0.15) is 0 Å². The molecule has 0 spiro atoms. The van der Waals surface area contributed by atoms with Crippen LogP contribution in [0.3, 0.4) is 0 Å². The van der Waals surface area contributed by atoms with Crippen molar-refractivity contribution in [3.8, 4) is 0 Å². The number of hydrogen-bond acceptors (Lipinski definition) is 3. The Morgan fingerprint density at radius 1 is 1.29 bits per heavy atom. The maximum Gasteiger partial charge on any atom is 0.262 e. The van der Waals surface area contributed by atoms with Crippen molar-refractivity contribution in [2.24, 2.45) is 0 Å². The number of benzene rings is 2. The lowest BCUT2D eigenvalue weighted by Crippen LogP contribution is -2.16. The monoisotopic (exact) mass is 373 g/mol. The van der Waals surface area contributed by atoms with Gasteiger partial charge in [0.25, 0.3) is 10.0 Å². The minimum absolute atomic E-state index is 0.0105. The summed E-state index contributed by atoms with van der Waals surface area (Å²) in [7, 11) is -3.93. The van der Waals surface area contributed by atoms with E-state index in [0.29, 0.717) is 15.6 Å². The highest BCUT2D eigenvalue weighted by atomic mass is 79.9. The van der Waals surface area contributed by atoms with Gasteiger partial charge in [0.2, 0.25) is 0 Å². The summed E-state index contributed by atoms with van der Waals surface area (Å²) in [6, 6.07) is 8.63. The van der Waals surface area contributed by atoms with Crippen molar-refractivity contribution in [1.29, 1.82) is 0 Å². The summed E-state index contributed by atoms with van der Waals surface area (Å²) in [5.74, 6) is -0.677. The van der Waals surface area contributed by atoms with Crippen molar-refractivity contribution in [1.82, 2.24) is 0 Å². The summed E-state index contributed by atoms with van der Waals surface area (Å²) < 4.78 is 41.2. The number of aliphatic hydroxyl groups excluding tert-OH is 1. The molecule has 0 aromatic heterocycles. The highest BCUT2D eigenvalue weighted by Crippen LogP contribution is 2.25. The first-order valence-corrected chi connectivity index (χ1v) is 8.30. The average Bonchev–Trinajstić information content (AvgIpc) is 2.42. The number of rotatable bonds is 4. The van der Waals surface area contributed by atoms with Crippen LogP contribution < -0.4 is 4.72 Å². The van der Waals surface area contributed by atoms with Gasteiger partial charge < -0.3 is 5.11 Å². The molecular formula is C14H13BrFNO3S. The second kappa shape index (κ2) is 6.13. The van der Waals surface area contributed by atoms with Gasteiger partial charge in [0.05, 0.1) is 17.2 Å². The summed E-state index contributed by atoms with van der Waals surface area (Å²) in [5.41, 5.74) is 0.811. The first-order chi connectivity index (χ1) is 9.85. The van der Waals surface area contributed by atoms with E-state index in [-0.39, 0.29) is 17.2 Å². The maximum atomic E-state index is 13.7. The van der Waals surface area contributed by atoms with Crippen molar-refractivity contribution in [2.75, 3.05) is 4.72 Å².